The highest BCUT2D eigenvalue weighted by Crippen LogP contribution is 1.99. The summed E-state index contributed by atoms with van der Waals surface area (Å²) >= 11 is 0. The number of hydrazine groups is 2. The predicted octanol–water partition coefficient (Wildman–Crippen LogP) is -2.11. The monoisotopic (exact) mass is 391 g/mol. The maximum Gasteiger partial charge on any atom is 0.328 e. The van der Waals surface area contributed by atoms with Gasteiger partial charge in [0.25, 0.3) is 23.6 Å². The van der Waals surface area contributed by atoms with E-state index in [9.17, 15) is 28.8 Å². The Kier molecular flexibility index (Phi) is 8.02. The van der Waals surface area contributed by atoms with Crippen LogP contribution in [0, 0.1) is 0 Å². The largest absolute Gasteiger partial charge is 0.478 e. The molecule has 0 aliphatic carbocycles. The third kappa shape index (κ3) is 8.02. The zero-order valence-electron chi connectivity index (χ0n) is 13.8. The Morgan fingerprint density at radius 2 is 1.07 bits per heavy atom. The van der Waals surface area contributed by atoms with Crippen LogP contribution in [0.4, 0.5) is 0 Å². The first kappa shape index (κ1) is 21.5. The highest BCUT2D eigenvalue weighted by atomic mass is 16.4. The number of carbonyl (C=O) groups is 6. The summed E-state index contributed by atoms with van der Waals surface area (Å²) in [7, 11) is 0. The highest BCUT2D eigenvalue weighted by Gasteiger charge is 2.13. The van der Waals surface area contributed by atoms with Crippen molar-refractivity contribution in [2.45, 2.75) is 0 Å². The summed E-state index contributed by atoms with van der Waals surface area (Å²) in [5, 5.41) is 16.7. The van der Waals surface area contributed by atoms with E-state index < -0.39 is 35.6 Å². The fourth-order valence-electron chi connectivity index (χ4n) is 1.43. The van der Waals surface area contributed by atoms with Crippen molar-refractivity contribution >= 4 is 35.6 Å². The SMILES string of the molecule is O=C(O)/C=C\C(=O)NNC(=O)c1cccc(C(=O)NNC(=O)/C=C\C(=O)O)n1. The van der Waals surface area contributed by atoms with Gasteiger partial charge in [0.2, 0.25) is 0 Å². The van der Waals surface area contributed by atoms with E-state index in [0.29, 0.717) is 24.3 Å². The van der Waals surface area contributed by atoms with Gasteiger partial charge in [0.1, 0.15) is 11.4 Å². The molecule has 0 atom stereocenters. The van der Waals surface area contributed by atoms with E-state index in [4.69, 9.17) is 10.2 Å². The van der Waals surface area contributed by atoms with Crippen LogP contribution in [-0.4, -0.2) is 50.8 Å². The molecule has 0 fully saturated rings. The van der Waals surface area contributed by atoms with Crippen molar-refractivity contribution in [3.8, 4) is 0 Å². The molecular formula is C15H13N5O8. The zero-order valence-corrected chi connectivity index (χ0v) is 13.8. The van der Waals surface area contributed by atoms with Crippen LogP contribution in [0.25, 0.3) is 0 Å². The molecular weight excluding hydrogens is 378 g/mol. The Labute approximate surface area is 156 Å². The van der Waals surface area contributed by atoms with E-state index in [-0.39, 0.29) is 11.4 Å². The molecule has 0 aliphatic rings. The van der Waals surface area contributed by atoms with Gasteiger partial charge in [-0.1, -0.05) is 6.07 Å². The summed E-state index contributed by atoms with van der Waals surface area (Å²) in [5.74, 6) is -6.34. The van der Waals surface area contributed by atoms with Crippen molar-refractivity contribution in [1.82, 2.24) is 26.7 Å². The van der Waals surface area contributed by atoms with E-state index in [2.05, 4.69) is 4.98 Å². The Morgan fingerprint density at radius 1 is 0.679 bits per heavy atom. The number of aromatic nitrogens is 1. The van der Waals surface area contributed by atoms with E-state index in [1.807, 2.05) is 21.7 Å². The number of aliphatic carboxylic acids is 2. The number of amides is 4. The van der Waals surface area contributed by atoms with Gasteiger partial charge in [-0.05, 0) is 12.1 Å². The lowest BCUT2D eigenvalue weighted by atomic mass is 10.3. The van der Waals surface area contributed by atoms with Gasteiger partial charge >= 0.3 is 11.9 Å². The number of hydrogen-bond donors (Lipinski definition) is 6. The first-order valence-electron chi connectivity index (χ1n) is 7.18. The number of carboxylic acid groups (broad SMARTS) is 2. The first-order valence-corrected chi connectivity index (χ1v) is 7.18. The van der Waals surface area contributed by atoms with E-state index in [0.717, 1.165) is 0 Å². The van der Waals surface area contributed by atoms with Gasteiger partial charge in [-0.15, -0.1) is 0 Å². The molecule has 13 nitrogen and oxygen atoms in total. The maximum absolute atomic E-state index is 11.9. The van der Waals surface area contributed by atoms with E-state index >= 15 is 0 Å². The van der Waals surface area contributed by atoms with Crippen molar-refractivity contribution in [2.24, 2.45) is 0 Å². The van der Waals surface area contributed by atoms with Crippen molar-refractivity contribution < 1.29 is 39.0 Å². The molecule has 0 aliphatic heterocycles. The molecule has 1 aromatic heterocycles. The van der Waals surface area contributed by atoms with Crippen LogP contribution in [0.5, 0.6) is 0 Å². The second kappa shape index (κ2) is 10.4. The molecule has 1 rings (SSSR count). The van der Waals surface area contributed by atoms with Crippen molar-refractivity contribution in [1.29, 1.82) is 0 Å². The normalized spacial score (nSPS) is 10.3. The molecule has 0 radical (unpaired) electrons. The van der Waals surface area contributed by atoms with E-state index in [1.54, 1.807) is 0 Å². The number of pyridine rings is 1. The number of carboxylic acids is 2. The van der Waals surface area contributed by atoms with Crippen molar-refractivity contribution in [2.75, 3.05) is 0 Å². The van der Waals surface area contributed by atoms with Gasteiger partial charge in [0, 0.05) is 24.3 Å². The van der Waals surface area contributed by atoms with Crippen LogP contribution in [0.1, 0.15) is 21.0 Å². The summed E-state index contributed by atoms with van der Waals surface area (Å²) in [4.78, 5) is 70.5. The van der Waals surface area contributed by atoms with Crippen molar-refractivity contribution in [3.05, 3.63) is 53.9 Å². The van der Waals surface area contributed by atoms with Gasteiger partial charge < -0.3 is 10.2 Å². The van der Waals surface area contributed by atoms with Gasteiger partial charge in [0.15, 0.2) is 0 Å². The molecule has 0 saturated carbocycles. The molecule has 1 aromatic rings. The van der Waals surface area contributed by atoms with Crippen LogP contribution in [0.2, 0.25) is 0 Å². The highest BCUT2D eigenvalue weighted by molar-refractivity contribution is 6.00. The lowest BCUT2D eigenvalue weighted by molar-refractivity contribution is -0.132. The summed E-state index contributed by atoms with van der Waals surface area (Å²) in [5.41, 5.74) is 7.18. The van der Waals surface area contributed by atoms with Crippen LogP contribution in [-0.2, 0) is 19.2 Å². The fraction of sp³-hybridized carbons (Fsp3) is 0. The van der Waals surface area contributed by atoms with Crippen LogP contribution in [0.15, 0.2) is 42.5 Å². The summed E-state index contributed by atoms with van der Waals surface area (Å²) in [6, 6.07) is 3.74. The average molecular weight is 391 g/mol. The Hall–Kier alpha value is -4.55. The van der Waals surface area contributed by atoms with Crippen LogP contribution in [0.3, 0.4) is 0 Å². The summed E-state index contributed by atoms with van der Waals surface area (Å²) < 4.78 is 0. The number of nitrogens with one attached hydrogen (secondary N) is 4. The number of hydrogen-bond acceptors (Lipinski definition) is 7. The molecule has 0 saturated heterocycles. The molecule has 28 heavy (non-hydrogen) atoms. The first-order chi connectivity index (χ1) is 13.2. The molecule has 0 bridgehead atoms. The second-order valence-corrected chi connectivity index (χ2v) is 4.64. The fourth-order valence-corrected chi connectivity index (χ4v) is 1.43. The van der Waals surface area contributed by atoms with Gasteiger partial charge in [-0.3, -0.25) is 40.9 Å². The maximum atomic E-state index is 11.9. The molecule has 1 heterocycles. The molecule has 0 unspecified atom stereocenters. The lowest BCUT2D eigenvalue weighted by Crippen LogP contribution is -2.42. The predicted molar refractivity (Wildman–Crippen MR) is 89.0 cm³/mol. The minimum absolute atomic E-state index is 0.271. The molecule has 4 amide bonds. The number of rotatable bonds is 6. The van der Waals surface area contributed by atoms with Gasteiger partial charge in [-0.2, -0.15) is 0 Å². The Balaban J connectivity index is 2.65. The minimum Gasteiger partial charge on any atom is -0.478 e. The smallest absolute Gasteiger partial charge is 0.328 e. The lowest BCUT2D eigenvalue weighted by Gasteiger charge is -2.07. The topological polar surface area (TPSA) is 204 Å². The molecule has 0 spiro atoms. The molecule has 146 valence electrons. The van der Waals surface area contributed by atoms with Gasteiger partial charge in [0.05, 0.1) is 0 Å². The standard InChI is InChI=1S/C15H13N5O8/c21-10(4-6-12(23)24)17-19-14(27)8-2-1-3-9(16-8)15(28)20-18-11(22)5-7-13(25)26/h1-7H,(H,17,21)(H,18,22)(H,19,27)(H,20,28)(H,23,24)(H,25,26)/b6-4-,7-5-. The molecule has 0 aromatic carbocycles. The summed E-state index contributed by atoms with van der Waals surface area (Å²) in [6.07, 6.45) is 2.46. The Morgan fingerprint density at radius 3 is 1.43 bits per heavy atom. The second-order valence-electron chi connectivity index (χ2n) is 4.64. The quantitative estimate of drug-likeness (QED) is 0.231. The third-order valence-corrected chi connectivity index (χ3v) is 2.57. The summed E-state index contributed by atoms with van der Waals surface area (Å²) in [6.45, 7) is 0. The Bertz CT molecular complexity index is 810. The van der Waals surface area contributed by atoms with Crippen LogP contribution < -0.4 is 21.7 Å². The van der Waals surface area contributed by atoms with Crippen molar-refractivity contribution in [3.63, 3.8) is 0 Å². The number of carbonyl (C=O) groups excluding carboxylic acids is 4. The zero-order chi connectivity index (χ0) is 21.1. The minimum atomic E-state index is -1.35. The van der Waals surface area contributed by atoms with Crippen LogP contribution >= 0.6 is 0 Å². The number of nitrogens with zero attached hydrogens (tertiary/aromatic N) is 1. The third-order valence-electron chi connectivity index (χ3n) is 2.57. The molecule has 13 heteroatoms. The average Bonchev–Trinajstić information content (AvgIpc) is 2.66. The van der Waals surface area contributed by atoms with E-state index in [1.165, 1.54) is 18.2 Å². The van der Waals surface area contributed by atoms with Gasteiger partial charge in [-0.25, -0.2) is 14.6 Å². The molecule has 6 N–H and O–H groups in total.